The highest BCUT2D eigenvalue weighted by Crippen LogP contribution is 2.68. The first-order valence-electron chi connectivity index (χ1n) is 10.2. The molecule has 3 aromatic rings. The molecule has 0 amide bonds. The van der Waals surface area contributed by atoms with Crippen molar-refractivity contribution in [2.75, 3.05) is 12.4 Å². The molecule has 9 nitrogen and oxygen atoms in total. The van der Waals surface area contributed by atoms with Crippen LogP contribution in [0.2, 0.25) is 0 Å². The Hall–Kier alpha value is -3.22. The summed E-state index contributed by atoms with van der Waals surface area (Å²) in [6.07, 6.45) is -0.0748. The Morgan fingerprint density at radius 1 is 1.32 bits per heavy atom. The van der Waals surface area contributed by atoms with E-state index in [9.17, 15) is 15.0 Å². The average Bonchev–Trinajstić information content (AvgIpc) is 3.12. The van der Waals surface area contributed by atoms with Crippen LogP contribution in [0.4, 0.5) is 5.82 Å². The molecule has 0 aromatic carbocycles. The number of rotatable bonds is 3. The summed E-state index contributed by atoms with van der Waals surface area (Å²) in [5, 5.41) is 24.3. The summed E-state index contributed by atoms with van der Waals surface area (Å²) < 4.78 is 7.33. The Kier molecular flexibility index (Phi) is 4.22. The molecule has 3 heterocycles. The average molecular weight is 421 g/mol. The number of aromatic nitrogens is 4. The van der Waals surface area contributed by atoms with Crippen molar-refractivity contribution in [1.82, 2.24) is 19.5 Å². The van der Waals surface area contributed by atoms with Crippen LogP contribution in [0.3, 0.4) is 0 Å². The van der Waals surface area contributed by atoms with Gasteiger partial charge in [0.05, 0.1) is 23.9 Å². The van der Waals surface area contributed by atoms with Crippen LogP contribution < -0.4 is 5.32 Å². The van der Waals surface area contributed by atoms with E-state index in [-0.39, 0.29) is 17.5 Å². The van der Waals surface area contributed by atoms with Gasteiger partial charge in [-0.25, -0.2) is 15.0 Å². The summed E-state index contributed by atoms with van der Waals surface area (Å²) >= 11 is 0. The lowest BCUT2D eigenvalue weighted by molar-refractivity contribution is -0.128. The fourth-order valence-electron chi connectivity index (χ4n) is 4.89. The fraction of sp³-hybridized carbons (Fsp3) is 0.455. The molecule has 2 aliphatic carbocycles. The Morgan fingerprint density at radius 3 is 2.71 bits per heavy atom. The van der Waals surface area contributed by atoms with Crippen LogP contribution >= 0.6 is 0 Å². The summed E-state index contributed by atoms with van der Waals surface area (Å²) in [4.78, 5) is 25.6. The van der Waals surface area contributed by atoms with Crippen LogP contribution in [0.1, 0.15) is 42.3 Å². The van der Waals surface area contributed by atoms with Gasteiger partial charge in [0.1, 0.15) is 17.6 Å². The van der Waals surface area contributed by atoms with Gasteiger partial charge in [-0.05, 0) is 56.6 Å². The summed E-state index contributed by atoms with van der Waals surface area (Å²) in [6.45, 7) is 5.29. The zero-order valence-corrected chi connectivity index (χ0v) is 17.7. The van der Waals surface area contributed by atoms with Crippen molar-refractivity contribution < 1.29 is 19.4 Å². The zero-order valence-electron chi connectivity index (χ0n) is 17.7. The normalized spacial score (nSPS) is 28.8. The van der Waals surface area contributed by atoms with Crippen LogP contribution in [0.5, 0.6) is 0 Å². The van der Waals surface area contributed by atoms with Gasteiger partial charge in [-0.15, -0.1) is 0 Å². The summed E-state index contributed by atoms with van der Waals surface area (Å²) in [5.41, 5.74) is 1.15. The third-order valence-corrected chi connectivity index (χ3v) is 6.77. The maximum atomic E-state index is 12.2. The fourth-order valence-corrected chi connectivity index (χ4v) is 4.89. The first-order valence-corrected chi connectivity index (χ1v) is 10.2. The lowest BCUT2D eigenvalue weighted by Gasteiger charge is -2.23. The molecule has 2 fully saturated rings. The number of fused-ring (bicyclic) bond motifs is 2. The van der Waals surface area contributed by atoms with E-state index in [1.807, 2.05) is 19.9 Å². The molecule has 0 radical (unpaired) electrons. The molecule has 3 aromatic heterocycles. The SMILES string of the molecule is CNc1nc(C#Cc2cc(C)c(C)o2)nc2c1ncn2[C@@H]1C2C[C@]2(C(C)=O)C(O)[C@H]1O. The highest BCUT2D eigenvalue weighted by atomic mass is 16.3. The summed E-state index contributed by atoms with van der Waals surface area (Å²) in [6, 6.07) is 1.36. The van der Waals surface area contributed by atoms with E-state index in [1.54, 1.807) is 17.9 Å². The quantitative estimate of drug-likeness (QED) is 0.541. The van der Waals surface area contributed by atoms with E-state index in [2.05, 4.69) is 32.1 Å². The number of imidazole rings is 1. The molecule has 31 heavy (non-hydrogen) atoms. The number of nitrogens with zero attached hydrogens (tertiary/aromatic N) is 4. The number of furan rings is 1. The highest BCUT2D eigenvalue weighted by molar-refractivity contribution is 5.88. The van der Waals surface area contributed by atoms with Crippen molar-refractivity contribution in [3.05, 3.63) is 35.3 Å². The smallest absolute Gasteiger partial charge is 0.209 e. The van der Waals surface area contributed by atoms with Gasteiger partial charge in [-0.2, -0.15) is 0 Å². The lowest BCUT2D eigenvalue weighted by Crippen LogP contribution is -2.36. The predicted molar refractivity (Wildman–Crippen MR) is 111 cm³/mol. The molecule has 0 saturated heterocycles. The van der Waals surface area contributed by atoms with Crippen molar-refractivity contribution in [2.24, 2.45) is 11.3 Å². The van der Waals surface area contributed by atoms with E-state index >= 15 is 0 Å². The van der Waals surface area contributed by atoms with Crippen LogP contribution in [0.25, 0.3) is 11.2 Å². The number of hydrogen-bond acceptors (Lipinski definition) is 8. The number of Topliss-reactive ketones (excluding diaryl/α,β-unsaturated/α-hetero) is 1. The molecule has 9 heteroatoms. The second-order valence-corrected chi connectivity index (χ2v) is 8.40. The minimum absolute atomic E-state index is 0.0999. The number of carbonyl (C=O) groups is 1. The van der Waals surface area contributed by atoms with Gasteiger partial charge in [0.25, 0.3) is 0 Å². The molecule has 0 bridgehead atoms. The van der Waals surface area contributed by atoms with Crippen LogP contribution in [-0.4, -0.2) is 54.8 Å². The molecule has 2 saturated carbocycles. The van der Waals surface area contributed by atoms with Crippen molar-refractivity contribution >= 4 is 22.8 Å². The van der Waals surface area contributed by atoms with Gasteiger partial charge in [-0.1, -0.05) is 0 Å². The zero-order chi connectivity index (χ0) is 22.1. The summed E-state index contributed by atoms with van der Waals surface area (Å²) in [7, 11) is 1.73. The molecule has 3 N–H and O–H groups in total. The summed E-state index contributed by atoms with van der Waals surface area (Å²) in [5.74, 6) is 7.71. The Labute approximate surface area is 178 Å². The van der Waals surface area contributed by atoms with Crippen molar-refractivity contribution in [3.8, 4) is 11.8 Å². The highest BCUT2D eigenvalue weighted by Gasteiger charge is 2.74. The van der Waals surface area contributed by atoms with Crippen molar-refractivity contribution in [2.45, 2.75) is 45.4 Å². The van der Waals surface area contributed by atoms with Crippen molar-refractivity contribution in [1.29, 1.82) is 0 Å². The minimum Gasteiger partial charge on any atom is -0.453 e. The Balaban J connectivity index is 1.59. The van der Waals surface area contributed by atoms with Gasteiger partial charge < -0.3 is 24.5 Å². The first kappa shape index (κ1) is 19.7. The molecule has 2 unspecified atom stereocenters. The number of carbonyl (C=O) groups excluding carboxylic acids is 1. The maximum Gasteiger partial charge on any atom is 0.209 e. The largest absolute Gasteiger partial charge is 0.453 e. The molecule has 5 atom stereocenters. The molecular formula is C22H23N5O4. The topological polar surface area (TPSA) is 126 Å². The third kappa shape index (κ3) is 2.72. The molecule has 2 aliphatic rings. The predicted octanol–water partition coefficient (Wildman–Crippen LogP) is 1.35. The number of anilines is 1. The Morgan fingerprint density at radius 2 is 2.10 bits per heavy atom. The number of nitrogens with one attached hydrogen (secondary N) is 1. The number of aliphatic hydroxyl groups is 2. The Bertz CT molecular complexity index is 1260. The van der Waals surface area contributed by atoms with Crippen molar-refractivity contribution in [3.63, 3.8) is 0 Å². The third-order valence-electron chi connectivity index (χ3n) is 6.77. The van der Waals surface area contributed by atoms with Gasteiger partial charge >= 0.3 is 0 Å². The van der Waals surface area contributed by atoms with E-state index in [1.165, 1.54) is 6.92 Å². The van der Waals surface area contributed by atoms with Gasteiger partial charge in [0, 0.05) is 7.05 Å². The molecular weight excluding hydrogens is 398 g/mol. The number of hydrogen-bond donors (Lipinski definition) is 3. The number of ketones is 1. The van der Waals surface area contributed by atoms with Crippen LogP contribution in [-0.2, 0) is 4.79 Å². The maximum absolute atomic E-state index is 12.2. The van der Waals surface area contributed by atoms with Crippen LogP contribution in [0.15, 0.2) is 16.8 Å². The second kappa shape index (κ2) is 6.64. The van der Waals surface area contributed by atoms with Gasteiger partial charge in [-0.3, -0.25) is 4.79 Å². The van der Waals surface area contributed by atoms with Crippen LogP contribution in [0, 0.1) is 37.0 Å². The minimum atomic E-state index is -1.10. The van der Waals surface area contributed by atoms with E-state index < -0.39 is 23.7 Å². The van der Waals surface area contributed by atoms with Gasteiger partial charge in [0.2, 0.25) is 5.82 Å². The van der Waals surface area contributed by atoms with E-state index in [4.69, 9.17) is 4.42 Å². The number of aryl methyl sites for hydroxylation is 2. The molecule has 5 rings (SSSR count). The first-order chi connectivity index (χ1) is 14.8. The molecule has 0 aliphatic heterocycles. The van der Waals surface area contributed by atoms with E-state index in [0.717, 1.165) is 11.3 Å². The van der Waals surface area contributed by atoms with Gasteiger partial charge in [0.15, 0.2) is 22.7 Å². The monoisotopic (exact) mass is 421 g/mol. The molecule has 160 valence electrons. The molecule has 0 spiro atoms. The second-order valence-electron chi connectivity index (χ2n) is 8.40. The lowest BCUT2D eigenvalue weighted by atomic mass is 9.95. The van der Waals surface area contributed by atoms with E-state index in [0.29, 0.717) is 29.2 Å². The standard InChI is InChI=1S/C22H23N5O4/c1-10-7-13(31-11(10)2)5-6-15-25-20(23-4)16-21(26-15)27(9-24-16)17-14-8-22(14,12(3)28)19(30)18(17)29/h7,9,14,17-19,29-30H,8H2,1-4H3,(H,23,25,26)/t14?,17-,18+,19?,22-/m1/s1. The number of aliphatic hydroxyl groups excluding tert-OH is 2.